The largest absolute Gasteiger partial charge is 0.479 e. The standard InChI is InChI=1S/C8H13NO5/c1-14-6(7(10)11)5-3-2-4-9(5)8(12)13/h5-6H,2-4H2,1H3,(H,10,11)(H,12,13). The number of hydrogen-bond donors (Lipinski definition) is 2. The first-order valence-electron chi connectivity index (χ1n) is 4.33. The number of hydrogen-bond acceptors (Lipinski definition) is 3. The van der Waals surface area contributed by atoms with Crippen LogP contribution in [0.3, 0.4) is 0 Å². The quantitative estimate of drug-likeness (QED) is 0.685. The average molecular weight is 203 g/mol. The lowest BCUT2D eigenvalue weighted by molar-refractivity contribution is -0.151. The van der Waals surface area contributed by atoms with Gasteiger partial charge in [-0.25, -0.2) is 9.59 Å². The van der Waals surface area contributed by atoms with Gasteiger partial charge < -0.3 is 19.8 Å². The van der Waals surface area contributed by atoms with Crippen LogP contribution in [-0.2, 0) is 9.53 Å². The minimum Gasteiger partial charge on any atom is -0.479 e. The van der Waals surface area contributed by atoms with Crippen LogP contribution in [0.15, 0.2) is 0 Å². The van der Waals surface area contributed by atoms with E-state index in [9.17, 15) is 9.59 Å². The molecule has 1 heterocycles. The molecule has 0 spiro atoms. The first-order chi connectivity index (χ1) is 6.57. The monoisotopic (exact) mass is 203 g/mol. The Labute approximate surface area is 81.1 Å². The van der Waals surface area contributed by atoms with Crippen molar-refractivity contribution in [1.29, 1.82) is 0 Å². The molecular formula is C8H13NO5. The van der Waals surface area contributed by atoms with Crippen LogP contribution in [-0.4, -0.2) is 53.0 Å². The van der Waals surface area contributed by atoms with E-state index >= 15 is 0 Å². The van der Waals surface area contributed by atoms with Gasteiger partial charge in [-0.3, -0.25) is 0 Å². The lowest BCUT2D eigenvalue weighted by atomic mass is 10.1. The van der Waals surface area contributed by atoms with Gasteiger partial charge in [0.15, 0.2) is 6.10 Å². The van der Waals surface area contributed by atoms with Gasteiger partial charge >= 0.3 is 12.1 Å². The van der Waals surface area contributed by atoms with E-state index in [0.29, 0.717) is 19.4 Å². The van der Waals surface area contributed by atoms with Gasteiger partial charge in [-0.15, -0.1) is 0 Å². The maximum atomic E-state index is 10.7. The second-order valence-corrected chi connectivity index (χ2v) is 3.18. The van der Waals surface area contributed by atoms with Crippen LogP contribution in [0.5, 0.6) is 0 Å². The van der Waals surface area contributed by atoms with Gasteiger partial charge in [0.25, 0.3) is 0 Å². The molecule has 1 aliphatic heterocycles. The van der Waals surface area contributed by atoms with Crippen molar-refractivity contribution in [1.82, 2.24) is 4.90 Å². The molecule has 0 saturated carbocycles. The normalized spacial score (nSPS) is 23.5. The fraction of sp³-hybridized carbons (Fsp3) is 0.750. The molecule has 0 aromatic rings. The molecule has 6 nitrogen and oxygen atoms in total. The van der Waals surface area contributed by atoms with Crippen molar-refractivity contribution >= 4 is 12.1 Å². The van der Waals surface area contributed by atoms with Crippen molar-refractivity contribution in [3.05, 3.63) is 0 Å². The third-order valence-corrected chi connectivity index (χ3v) is 2.39. The van der Waals surface area contributed by atoms with Crippen LogP contribution in [0.1, 0.15) is 12.8 Å². The summed E-state index contributed by atoms with van der Waals surface area (Å²) < 4.78 is 4.77. The minimum absolute atomic E-state index is 0.382. The van der Waals surface area contributed by atoms with Crippen LogP contribution in [0, 0.1) is 0 Å². The molecule has 1 rings (SSSR count). The van der Waals surface area contributed by atoms with Crippen molar-refractivity contribution in [2.24, 2.45) is 0 Å². The molecule has 1 saturated heterocycles. The molecule has 6 heteroatoms. The molecule has 2 N–H and O–H groups in total. The number of nitrogens with zero attached hydrogens (tertiary/aromatic N) is 1. The number of aliphatic carboxylic acids is 1. The minimum atomic E-state index is -1.12. The first-order valence-corrected chi connectivity index (χ1v) is 4.33. The molecule has 80 valence electrons. The Bertz CT molecular complexity index is 242. The van der Waals surface area contributed by atoms with Crippen molar-refractivity contribution < 1.29 is 24.5 Å². The maximum Gasteiger partial charge on any atom is 0.407 e. The molecule has 2 unspecified atom stereocenters. The van der Waals surface area contributed by atoms with E-state index in [1.807, 2.05) is 0 Å². The zero-order valence-electron chi connectivity index (χ0n) is 7.84. The SMILES string of the molecule is COC(C(=O)O)C1CCCN1C(=O)O. The summed E-state index contributed by atoms with van der Waals surface area (Å²) in [5.41, 5.74) is 0. The van der Waals surface area contributed by atoms with Gasteiger partial charge in [0.1, 0.15) is 0 Å². The van der Waals surface area contributed by atoms with E-state index in [0.717, 1.165) is 4.90 Å². The Kier molecular flexibility index (Phi) is 3.29. The number of likely N-dealkylation sites (tertiary alicyclic amines) is 1. The first kappa shape index (κ1) is 10.8. The van der Waals surface area contributed by atoms with E-state index in [-0.39, 0.29) is 0 Å². The topological polar surface area (TPSA) is 87.1 Å². The Morgan fingerprint density at radius 1 is 1.50 bits per heavy atom. The average Bonchev–Trinajstić information content (AvgIpc) is 2.53. The van der Waals surface area contributed by atoms with Gasteiger partial charge in [0.2, 0.25) is 0 Å². The van der Waals surface area contributed by atoms with E-state index in [4.69, 9.17) is 14.9 Å². The van der Waals surface area contributed by atoms with Crippen LogP contribution in [0.2, 0.25) is 0 Å². The van der Waals surface area contributed by atoms with Crippen molar-refractivity contribution in [3.63, 3.8) is 0 Å². The number of carboxylic acids is 1. The highest BCUT2D eigenvalue weighted by Crippen LogP contribution is 2.21. The lowest BCUT2D eigenvalue weighted by Crippen LogP contribution is -2.46. The summed E-state index contributed by atoms with van der Waals surface area (Å²) >= 11 is 0. The van der Waals surface area contributed by atoms with E-state index in [1.165, 1.54) is 7.11 Å². The summed E-state index contributed by atoms with van der Waals surface area (Å²) in [5, 5.41) is 17.6. The number of methoxy groups -OCH3 is 1. The fourth-order valence-corrected chi connectivity index (χ4v) is 1.77. The van der Waals surface area contributed by atoms with Gasteiger partial charge in [-0.2, -0.15) is 0 Å². The summed E-state index contributed by atoms with van der Waals surface area (Å²) in [7, 11) is 1.27. The Morgan fingerprint density at radius 3 is 2.57 bits per heavy atom. The van der Waals surface area contributed by atoms with E-state index in [2.05, 4.69) is 0 Å². The van der Waals surface area contributed by atoms with Crippen LogP contribution >= 0.6 is 0 Å². The molecule has 0 aliphatic carbocycles. The number of carbonyl (C=O) groups is 2. The Hall–Kier alpha value is -1.30. The summed E-state index contributed by atoms with van der Waals surface area (Å²) in [6, 6.07) is -0.560. The highest BCUT2D eigenvalue weighted by atomic mass is 16.5. The van der Waals surface area contributed by atoms with Gasteiger partial charge in [-0.05, 0) is 12.8 Å². The van der Waals surface area contributed by atoms with Gasteiger partial charge in [0, 0.05) is 13.7 Å². The summed E-state index contributed by atoms with van der Waals surface area (Å²) in [6.07, 6.45) is -0.925. The number of rotatable bonds is 3. The fourth-order valence-electron chi connectivity index (χ4n) is 1.77. The van der Waals surface area contributed by atoms with Crippen molar-refractivity contribution in [3.8, 4) is 0 Å². The molecule has 1 aliphatic rings. The highest BCUT2D eigenvalue weighted by Gasteiger charge is 2.38. The van der Waals surface area contributed by atoms with E-state index in [1.54, 1.807) is 0 Å². The zero-order chi connectivity index (χ0) is 10.7. The maximum absolute atomic E-state index is 10.7. The van der Waals surface area contributed by atoms with Crippen molar-refractivity contribution in [2.75, 3.05) is 13.7 Å². The molecule has 0 aromatic heterocycles. The van der Waals surface area contributed by atoms with Crippen molar-refractivity contribution in [2.45, 2.75) is 25.0 Å². The number of ether oxygens (including phenoxy) is 1. The second kappa shape index (κ2) is 4.28. The number of carboxylic acid groups (broad SMARTS) is 2. The summed E-state index contributed by atoms with van der Waals surface area (Å²) in [6.45, 7) is 0.382. The zero-order valence-corrected chi connectivity index (χ0v) is 7.84. The molecule has 0 bridgehead atoms. The predicted molar refractivity (Wildman–Crippen MR) is 46.2 cm³/mol. The molecule has 1 amide bonds. The Balaban J connectivity index is 2.74. The third-order valence-electron chi connectivity index (χ3n) is 2.39. The molecular weight excluding hydrogens is 190 g/mol. The lowest BCUT2D eigenvalue weighted by Gasteiger charge is -2.25. The predicted octanol–water partition coefficient (Wildman–Crippen LogP) is 0.228. The molecule has 14 heavy (non-hydrogen) atoms. The van der Waals surface area contributed by atoms with E-state index < -0.39 is 24.2 Å². The third kappa shape index (κ3) is 1.95. The number of amides is 1. The molecule has 0 aromatic carbocycles. The van der Waals surface area contributed by atoms with Crippen LogP contribution in [0.25, 0.3) is 0 Å². The van der Waals surface area contributed by atoms with Crippen LogP contribution in [0.4, 0.5) is 4.79 Å². The molecule has 0 radical (unpaired) electrons. The highest BCUT2D eigenvalue weighted by molar-refractivity contribution is 5.75. The summed E-state index contributed by atoms with van der Waals surface area (Å²) in [5.74, 6) is -1.12. The smallest absolute Gasteiger partial charge is 0.407 e. The van der Waals surface area contributed by atoms with Gasteiger partial charge in [-0.1, -0.05) is 0 Å². The molecule has 2 atom stereocenters. The Morgan fingerprint density at radius 2 is 2.14 bits per heavy atom. The van der Waals surface area contributed by atoms with Gasteiger partial charge in [0.05, 0.1) is 6.04 Å². The molecule has 1 fully saturated rings. The van der Waals surface area contributed by atoms with Crippen LogP contribution < -0.4 is 0 Å². The summed E-state index contributed by atoms with van der Waals surface area (Å²) in [4.78, 5) is 22.6. The second-order valence-electron chi connectivity index (χ2n) is 3.18.